The van der Waals surface area contributed by atoms with E-state index in [1.54, 1.807) is 12.5 Å². The zero-order valence-electron chi connectivity index (χ0n) is 11.4. The minimum Gasteiger partial charge on any atom is -0.377 e. The van der Waals surface area contributed by atoms with Gasteiger partial charge in [-0.25, -0.2) is 9.37 Å². The van der Waals surface area contributed by atoms with E-state index in [2.05, 4.69) is 10.3 Å². The van der Waals surface area contributed by atoms with Gasteiger partial charge >= 0.3 is 0 Å². The Balaban J connectivity index is 2.16. The van der Waals surface area contributed by atoms with Crippen LogP contribution in [-0.4, -0.2) is 15.5 Å². The molecule has 20 heavy (non-hydrogen) atoms. The van der Waals surface area contributed by atoms with E-state index < -0.39 is 11.7 Å². The van der Waals surface area contributed by atoms with Gasteiger partial charge in [-0.3, -0.25) is 4.79 Å². The van der Waals surface area contributed by atoms with Crippen molar-refractivity contribution >= 4 is 11.6 Å². The molecule has 0 spiro atoms. The second kappa shape index (κ2) is 5.73. The molecule has 0 saturated heterocycles. The van der Waals surface area contributed by atoms with Gasteiger partial charge in [0.25, 0.3) is 0 Å². The maximum atomic E-state index is 13.7. The molecule has 0 aliphatic carbocycles. The van der Waals surface area contributed by atoms with Crippen molar-refractivity contribution in [3.8, 4) is 0 Å². The number of benzene rings is 1. The van der Waals surface area contributed by atoms with Crippen LogP contribution in [0.3, 0.4) is 0 Å². The third-order valence-corrected chi connectivity index (χ3v) is 3.01. The summed E-state index contributed by atoms with van der Waals surface area (Å²) in [6.45, 7) is 4.50. The number of amides is 1. The number of aromatic nitrogens is 2. The van der Waals surface area contributed by atoms with Crippen LogP contribution in [0.2, 0.25) is 0 Å². The summed E-state index contributed by atoms with van der Waals surface area (Å²) in [4.78, 5) is 15.2. The minimum absolute atomic E-state index is 0.248. The van der Waals surface area contributed by atoms with E-state index in [0.717, 1.165) is 5.69 Å². The molecular weight excluding hydrogens is 259 g/mol. The number of nitrogens with zero attached hydrogens (tertiary/aromatic N) is 2. The number of carbonyl (C=O) groups excluding carboxylic acids is 1. The predicted molar refractivity (Wildman–Crippen MR) is 74.9 cm³/mol. The summed E-state index contributed by atoms with van der Waals surface area (Å²) in [6, 6.07) is 4.27. The minimum atomic E-state index is -0.583. The summed E-state index contributed by atoms with van der Waals surface area (Å²) in [5.41, 5.74) is 6.64. The van der Waals surface area contributed by atoms with Crippen molar-refractivity contribution in [3.63, 3.8) is 0 Å². The van der Waals surface area contributed by atoms with E-state index in [-0.39, 0.29) is 17.3 Å². The number of imidazole rings is 1. The standard InChI is InChI=1S/C14H17FN4O/c1-9(2)19-8-17-6-11(19)7-18-13-5-10(14(16)20)3-4-12(13)15/h3-6,8-9,18H,7H2,1-2H3,(H2,16,20). The average Bonchev–Trinajstić information content (AvgIpc) is 2.86. The molecule has 1 aromatic heterocycles. The van der Waals surface area contributed by atoms with Crippen molar-refractivity contribution < 1.29 is 9.18 Å². The molecule has 5 nitrogen and oxygen atoms in total. The number of hydrogen-bond acceptors (Lipinski definition) is 3. The molecule has 106 valence electrons. The van der Waals surface area contributed by atoms with Crippen LogP contribution in [-0.2, 0) is 6.54 Å². The van der Waals surface area contributed by atoms with Gasteiger partial charge in [-0.05, 0) is 32.0 Å². The van der Waals surface area contributed by atoms with Gasteiger partial charge in [-0.1, -0.05) is 0 Å². The molecule has 0 unspecified atom stereocenters. The lowest BCUT2D eigenvalue weighted by Gasteiger charge is -2.13. The first-order valence-electron chi connectivity index (χ1n) is 6.33. The van der Waals surface area contributed by atoms with Gasteiger partial charge in [0.2, 0.25) is 5.91 Å². The van der Waals surface area contributed by atoms with E-state index in [9.17, 15) is 9.18 Å². The molecular formula is C14H17FN4O. The molecule has 0 atom stereocenters. The largest absolute Gasteiger partial charge is 0.377 e. The first-order valence-corrected chi connectivity index (χ1v) is 6.33. The molecule has 0 aliphatic heterocycles. The summed E-state index contributed by atoms with van der Waals surface area (Å²) >= 11 is 0. The second-order valence-corrected chi connectivity index (χ2v) is 4.80. The Hall–Kier alpha value is -2.37. The van der Waals surface area contributed by atoms with Crippen LogP contribution in [0.1, 0.15) is 35.9 Å². The molecule has 2 rings (SSSR count). The molecule has 3 N–H and O–H groups in total. The Morgan fingerprint density at radius 1 is 1.50 bits per heavy atom. The Morgan fingerprint density at radius 2 is 2.25 bits per heavy atom. The highest BCUT2D eigenvalue weighted by Gasteiger charge is 2.09. The monoisotopic (exact) mass is 276 g/mol. The van der Waals surface area contributed by atoms with E-state index in [1.807, 2.05) is 18.4 Å². The Labute approximate surface area is 116 Å². The third kappa shape index (κ3) is 2.96. The van der Waals surface area contributed by atoms with E-state index in [0.29, 0.717) is 6.54 Å². The Kier molecular flexibility index (Phi) is 4.02. The van der Waals surface area contributed by atoms with Crippen LogP contribution in [0, 0.1) is 5.82 Å². The van der Waals surface area contributed by atoms with Gasteiger partial charge in [0, 0.05) is 17.8 Å². The fraction of sp³-hybridized carbons (Fsp3) is 0.286. The zero-order chi connectivity index (χ0) is 14.7. The highest BCUT2D eigenvalue weighted by Crippen LogP contribution is 2.18. The normalized spacial score (nSPS) is 10.8. The van der Waals surface area contributed by atoms with Crippen LogP contribution in [0.25, 0.3) is 0 Å². The molecule has 1 amide bonds. The molecule has 1 aromatic carbocycles. The third-order valence-electron chi connectivity index (χ3n) is 3.01. The molecule has 2 aromatic rings. The summed E-state index contributed by atoms with van der Waals surface area (Å²) in [5, 5.41) is 2.96. The number of carbonyl (C=O) groups is 1. The van der Waals surface area contributed by atoms with Crippen LogP contribution in [0.5, 0.6) is 0 Å². The summed E-state index contributed by atoms with van der Waals surface area (Å²) < 4.78 is 15.7. The zero-order valence-corrected chi connectivity index (χ0v) is 11.4. The van der Waals surface area contributed by atoms with Crippen LogP contribution in [0.4, 0.5) is 10.1 Å². The van der Waals surface area contributed by atoms with Gasteiger partial charge < -0.3 is 15.6 Å². The van der Waals surface area contributed by atoms with E-state index in [4.69, 9.17) is 5.73 Å². The van der Waals surface area contributed by atoms with Crippen molar-refractivity contribution in [3.05, 3.63) is 47.8 Å². The lowest BCUT2D eigenvalue weighted by atomic mass is 10.2. The van der Waals surface area contributed by atoms with Crippen molar-refractivity contribution in [1.82, 2.24) is 9.55 Å². The lowest BCUT2D eigenvalue weighted by molar-refractivity contribution is 0.100. The van der Waals surface area contributed by atoms with Crippen molar-refractivity contribution in [1.29, 1.82) is 0 Å². The fourth-order valence-corrected chi connectivity index (χ4v) is 1.93. The van der Waals surface area contributed by atoms with E-state index in [1.165, 1.54) is 18.2 Å². The molecule has 0 saturated carbocycles. The number of anilines is 1. The van der Waals surface area contributed by atoms with Crippen LogP contribution >= 0.6 is 0 Å². The molecule has 6 heteroatoms. The lowest BCUT2D eigenvalue weighted by Crippen LogP contribution is -2.13. The number of primary amides is 1. The number of nitrogens with two attached hydrogens (primary N) is 1. The number of nitrogens with one attached hydrogen (secondary N) is 1. The van der Waals surface area contributed by atoms with Gasteiger partial charge in [-0.2, -0.15) is 0 Å². The number of hydrogen-bond donors (Lipinski definition) is 2. The molecule has 0 fully saturated rings. The molecule has 1 heterocycles. The Morgan fingerprint density at radius 3 is 2.90 bits per heavy atom. The maximum absolute atomic E-state index is 13.7. The average molecular weight is 276 g/mol. The summed E-state index contributed by atoms with van der Waals surface area (Å²) in [6.07, 6.45) is 3.46. The van der Waals surface area contributed by atoms with Gasteiger partial charge in [0.1, 0.15) is 5.82 Å². The van der Waals surface area contributed by atoms with Crippen molar-refractivity contribution in [2.24, 2.45) is 5.73 Å². The topological polar surface area (TPSA) is 72.9 Å². The summed E-state index contributed by atoms with van der Waals surface area (Å²) in [5.74, 6) is -1.01. The van der Waals surface area contributed by atoms with E-state index >= 15 is 0 Å². The first kappa shape index (κ1) is 14.0. The first-order chi connectivity index (χ1) is 9.49. The maximum Gasteiger partial charge on any atom is 0.248 e. The number of rotatable bonds is 5. The van der Waals surface area contributed by atoms with Crippen molar-refractivity contribution in [2.45, 2.75) is 26.4 Å². The summed E-state index contributed by atoms with van der Waals surface area (Å²) in [7, 11) is 0. The molecule has 0 aliphatic rings. The Bertz CT molecular complexity index is 621. The SMILES string of the molecule is CC(C)n1cncc1CNc1cc(C(N)=O)ccc1F. The van der Waals surface area contributed by atoms with Gasteiger partial charge in [0.15, 0.2) is 0 Å². The predicted octanol–water partition coefficient (Wildman–Crippen LogP) is 2.31. The number of halogens is 1. The van der Waals surface area contributed by atoms with Crippen LogP contribution < -0.4 is 11.1 Å². The highest BCUT2D eigenvalue weighted by atomic mass is 19.1. The molecule has 0 radical (unpaired) electrons. The second-order valence-electron chi connectivity index (χ2n) is 4.80. The van der Waals surface area contributed by atoms with Gasteiger partial charge in [-0.15, -0.1) is 0 Å². The van der Waals surface area contributed by atoms with Gasteiger partial charge in [0.05, 0.1) is 24.3 Å². The highest BCUT2D eigenvalue weighted by molar-refractivity contribution is 5.93. The quantitative estimate of drug-likeness (QED) is 0.880. The van der Waals surface area contributed by atoms with Crippen LogP contribution in [0.15, 0.2) is 30.7 Å². The van der Waals surface area contributed by atoms with Crippen molar-refractivity contribution in [2.75, 3.05) is 5.32 Å². The fourth-order valence-electron chi connectivity index (χ4n) is 1.93. The smallest absolute Gasteiger partial charge is 0.248 e. The molecule has 0 bridgehead atoms.